The number of nitrogens with zero attached hydrogens (tertiary/aromatic N) is 3. The number of carbonyl (C=O) groups is 2. The standard InChI is InChI=1S/C19H21BrN4O4/c1-2-28-19(27)23-7-6-16-14(11-23)9-18(26)24(22-16)12-17(25)21-10-13-4-3-5-15(20)8-13/h3-5,8-9H,2,6-7,10-12H2,1H3,(H,21,25). The lowest BCUT2D eigenvalue weighted by atomic mass is 10.1. The van der Waals surface area contributed by atoms with Crippen molar-refractivity contribution >= 4 is 27.9 Å². The quantitative estimate of drug-likeness (QED) is 0.752. The van der Waals surface area contributed by atoms with E-state index in [9.17, 15) is 14.4 Å². The molecule has 0 fully saturated rings. The highest BCUT2D eigenvalue weighted by atomic mass is 79.9. The fraction of sp³-hybridized carbons (Fsp3) is 0.368. The lowest BCUT2D eigenvalue weighted by Gasteiger charge is -2.27. The predicted octanol–water partition coefficient (Wildman–Crippen LogP) is 1.84. The molecule has 148 valence electrons. The van der Waals surface area contributed by atoms with E-state index in [1.165, 1.54) is 6.07 Å². The highest BCUT2D eigenvalue weighted by molar-refractivity contribution is 9.10. The van der Waals surface area contributed by atoms with Crippen LogP contribution in [-0.2, 0) is 35.6 Å². The number of aromatic nitrogens is 2. The molecule has 2 amide bonds. The van der Waals surface area contributed by atoms with Crippen molar-refractivity contribution < 1.29 is 14.3 Å². The normalized spacial score (nSPS) is 13.0. The first-order chi connectivity index (χ1) is 13.5. The van der Waals surface area contributed by atoms with Gasteiger partial charge in [0.05, 0.1) is 18.8 Å². The van der Waals surface area contributed by atoms with Gasteiger partial charge in [0.2, 0.25) is 5.91 Å². The Morgan fingerprint density at radius 3 is 2.89 bits per heavy atom. The molecule has 9 heteroatoms. The Morgan fingerprint density at radius 2 is 2.14 bits per heavy atom. The van der Waals surface area contributed by atoms with E-state index in [4.69, 9.17) is 4.74 Å². The van der Waals surface area contributed by atoms with Gasteiger partial charge in [0, 0.05) is 35.6 Å². The second kappa shape index (κ2) is 9.01. The molecule has 2 aromatic rings. The number of carbonyl (C=O) groups excluding carboxylic acids is 2. The average molecular weight is 449 g/mol. The highest BCUT2D eigenvalue weighted by Crippen LogP contribution is 2.16. The van der Waals surface area contributed by atoms with Crippen LogP contribution in [0.3, 0.4) is 0 Å². The van der Waals surface area contributed by atoms with Crippen LogP contribution in [0.25, 0.3) is 0 Å². The van der Waals surface area contributed by atoms with E-state index in [1.54, 1.807) is 11.8 Å². The van der Waals surface area contributed by atoms with Gasteiger partial charge in [0.1, 0.15) is 6.54 Å². The van der Waals surface area contributed by atoms with Crippen molar-refractivity contribution in [3.05, 3.63) is 62.0 Å². The Morgan fingerprint density at radius 1 is 1.32 bits per heavy atom. The summed E-state index contributed by atoms with van der Waals surface area (Å²) in [7, 11) is 0. The topological polar surface area (TPSA) is 93.5 Å². The van der Waals surface area contributed by atoms with E-state index in [2.05, 4.69) is 26.3 Å². The van der Waals surface area contributed by atoms with Crippen molar-refractivity contribution in [1.29, 1.82) is 0 Å². The molecule has 2 heterocycles. The van der Waals surface area contributed by atoms with Crippen molar-refractivity contribution in [2.45, 2.75) is 33.0 Å². The minimum Gasteiger partial charge on any atom is -0.450 e. The maximum absolute atomic E-state index is 12.3. The lowest BCUT2D eigenvalue weighted by molar-refractivity contribution is -0.122. The first-order valence-electron chi connectivity index (χ1n) is 8.99. The average Bonchev–Trinajstić information content (AvgIpc) is 2.67. The first kappa shape index (κ1) is 20.1. The summed E-state index contributed by atoms with van der Waals surface area (Å²) < 4.78 is 7.10. The Labute approximate surface area is 170 Å². The zero-order valence-electron chi connectivity index (χ0n) is 15.5. The van der Waals surface area contributed by atoms with Gasteiger partial charge in [-0.3, -0.25) is 9.59 Å². The molecule has 1 aliphatic heterocycles. The fourth-order valence-corrected chi connectivity index (χ4v) is 3.41. The van der Waals surface area contributed by atoms with Gasteiger partial charge in [0.15, 0.2) is 0 Å². The third-order valence-corrected chi connectivity index (χ3v) is 4.84. The van der Waals surface area contributed by atoms with E-state index in [-0.39, 0.29) is 24.6 Å². The summed E-state index contributed by atoms with van der Waals surface area (Å²) in [4.78, 5) is 37.9. The number of fused-ring (bicyclic) bond motifs is 1. The molecule has 8 nitrogen and oxygen atoms in total. The number of hydrogen-bond acceptors (Lipinski definition) is 5. The van der Waals surface area contributed by atoms with Gasteiger partial charge in [-0.15, -0.1) is 0 Å². The molecular formula is C19H21BrN4O4. The number of nitrogens with one attached hydrogen (secondary N) is 1. The molecule has 0 saturated heterocycles. The van der Waals surface area contributed by atoms with Crippen LogP contribution in [0.15, 0.2) is 39.6 Å². The summed E-state index contributed by atoms with van der Waals surface area (Å²) in [5, 5.41) is 7.11. The van der Waals surface area contributed by atoms with E-state index >= 15 is 0 Å². The molecule has 0 saturated carbocycles. The number of halogens is 1. The molecule has 0 radical (unpaired) electrons. The van der Waals surface area contributed by atoms with Crippen molar-refractivity contribution in [3.8, 4) is 0 Å². The number of hydrogen-bond donors (Lipinski definition) is 1. The van der Waals surface area contributed by atoms with Crippen molar-refractivity contribution in [2.24, 2.45) is 0 Å². The smallest absolute Gasteiger partial charge is 0.410 e. The lowest BCUT2D eigenvalue weighted by Crippen LogP contribution is -2.40. The summed E-state index contributed by atoms with van der Waals surface area (Å²) in [5.74, 6) is -0.293. The Bertz CT molecular complexity index is 944. The molecule has 0 atom stereocenters. The summed E-state index contributed by atoms with van der Waals surface area (Å²) in [6.45, 7) is 3.02. The number of rotatable bonds is 5. The Balaban J connectivity index is 1.63. The van der Waals surface area contributed by atoms with Crippen LogP contribution in [-0.4, -0.2) is 39.8 Å². The van der Waals surface area contributed by atoms with Crippen LogP contribution in [0.2, 0.25) is 0 Å². The van der Waals surface area contributed by atoms with E-state index in [1.807, 2.05) is 24.3 Å². The first-order valence-corrected chi connectivity index (χ1v) is 9.78. The zero-order chi connectivity index (χ0) is 20.1. The maximum Gasteiger partial charge on any atom is 0.410 e. The van der Waals surface area contributed by atoms with Crippen molar-refractivity contribution in [2.75, 3.05) is 13.2 Å². The van der Waals surface area contributed by atoms with Gasteiger partial charge in [-0.25, -0.2) is 9.48 Å². The van der Waals surface area contributed by atoms with Crippen LogP contribution in [0, 0.1) is 0 Å². The van der Waals surface area contributed by atoms with Crippen molar-refractivity contribution in [1.82, 2.24) is 20.0 Å². The highest BCUT2D eigenvalue weighted by Gasteiger charge is 2.24. The molecule has 1 aromatic heterocycles. The number of amides is 2. The summed E-state index contributed by atoms with van der Waals surface area (Å²) in [6.07, 6.45) is 0.109. The molecule has 1 N–H and O–H groups in total. The summed E-state index contributed by atoms with van der Waals surface area (Å²) in [6, 6.07) is 9.06. The van der Waals surface area contributed by atoms with Gasteiger partial charge >= 0.3 is 6.09 Å². The summed E-state index contributed by atoms with van der Waals surface area (Å²) >= 11 is 3.39. The fourth-order valence-electron chi connectivity index (χ4n) is 2.96. The van der Waals surface area contributed by atoms with Gasteiger partial charge < -0.3 is 15.0 Å². The molecule has 1 aromatic carbocycles. The number of ether oxygens (including phenoxy) is 1. The van der Waals surface area contributed by atoms with Crippen LogP contribution in [0.5, 0.6) is 0 Å². The second-order valence-electron chi connectivity index (χ2n) is 6.39. The minimum atomic E-state index is -0.399. The third-order valence-electron chi connectivity index (χ3n) is 4.34. The third kappa shape index (κ3) is 4.98. The maximum atomic E-state index is 12.3. The van der Waals surface area contributed by atoms with Gasteiger partial charge in [-0.2, -0.15) is 5.10 Å². The van der Waals surface area contributed by atoms with Crippen molar-refractivity contribution in [3.63, 3.8) is 0 Å². The monoisotopic (exact) mass is 448 g/mol. The van der Waals surface area contributed by atoms with Crippen LogP contribution in [0.4, 0.5) is 4.79 Å². The largest absolute Gasteiger partial charge is 0.450 e. The minimum absolute atomic E-state index is 0.151. The molecule has 0 bridgehead atoms. The molecule has 1 aliphatic rings. The second-order valence-corrected chi connectivity index (χ2v) is 7.30. The SMILES string of the molecule is CCOC(=O)N1CCc2nn(CC(=O)NCc3cccc(Br)c3)c(=O)cc2C1. The van der Waals surface area contributed by atoms with Crippen LogP contribution >= 0.6 is 15.9 Å². The predicted molar refractivity (Wildman–Crippen MR) is 106 cm³/mol. The van der Waals surface area contributed by atoms with E-state index in [0.29, 0.717) is 31.7 Å². The molecule has 0 spiro atoms. The summed E-state index contributed by atoms with van der Waals surface area (Å²) in [5.41, 5.74) is 1.99. The Hall–Kier alpha value is -2.68. The van der Waals surface area contributed by atoms with Gasteiger partial charge in [-0.05, 0) is 24.6 Å². The van der Waals surface area contributed by atoms with Gasteiger partial charge in [0.25, 0.3) is 5.56 Å². The van der Waals surface area contributed by atoms with E-state index < -0.39 is 6.09 Å². The van der Waals surface area contributed by atoms with Crippen LogP contribution in [0.1, 0.15) is 23.7 Å². The Kier molecular flexibility index (Phi) is 6.45. The zero-order valence-corrected chi connectivity index (χ0v) is 17.1. The van der Waals surface area contributed by atoms with E-state index in [0.717, 1.165) is 20.4 Å². The molecular weight excluding hydrogens is 428 g/mol. The molecule has 0 unspecified atom stereocenters. The molecule has 28 heavy (non-hydrogen) atoms. The molecule has 3 rings (SSSR count). The van der Waals surface area contributed by atoms with Gasteiger partial charge in [-0.1, -0.05) is 28.1 Å². The number of benzene rings is 1. The van der Waals surface area contributed by atoms with Crippen LogP contribution < -0.4 is 10.9 Å². The molecule has 0 aliphatic carbocycles.